The van der Waals surface area contributed by atoms with Crippen LogP contribution in [0.2, 0.25) is 0 Å². The molecule has 1 amide bonds. The molecular formula is C24H32N2O6. The molecule has 0 bridgehead atoms. The van der Waals surface area contributed by atoms with Crippen LogP contribution in [0.25, 0.3) is 10.9 Å². The summed E-state index contributed by atoms with van der Waals surface area (Å²) in [5, 5.41) is 13.9. The predicted octanol–water partition coefficient (Wildman–Crippen LogP) is 2.62. The third kappa shape index (κ3) is 4.47. The molecule has 1 aliphatic heterocycles. The van der Waals surface area contributed by atoms with Gasteiger partial charge in [-0.05, 0) is 31.0 Å². The number of hydrogen-bond donors (Lipinski definition) is 2. The van der Waals surface area contributed by atoms with Crippen molar-refractivity contribution < 1.29 is 24.1 Å². The van der Waals surface area contributed by atoms with Crippen molar-refractivity contribution in [3.8, 4) is 11.5 Å². The van der Waals surface area contributed by atoms with Gasteiger partial charge in [0.25, 0.3) is 11.5 Å². The molecule has 2 N–H and O–H groups in total. The van der Waals surface area contributed by atoms with Crippen LogP contribution in [0.4, 0.5) is 0 Å². The number of aliphatic hydroxyl groups is 1. The van der Waals surface area contributed by atoms with E-state index in [-0.39, 0.29) is 12.2 Å². The molecule has 2 heterocycles. The van der Waals surface area contributed by atoms with Crippen molar-refractivity contribution in [3.63, 3.8) is 0 Å². The van der Waals surface area contributed by atoms with Gasteiger partial charge < -0.3 is 29.2 Å². The van der Waals surface area contributed by atoms with E-state index in [9.17, 15) is 14.7 Å². The van der Waals surface area contributed by atoms with E-state index in [1.807, 2.05) is 6.07 Å². The molecule has 8 nitrogen and oxygen atoms in total. The fourth-order valence-electron chi connectivity index (χ4n) is 4.78. The van der Waals surface area contributed by atoms with Crippen molar-refractivity contribution in [1.29, 1.82) is 0 Å². The second kappa shape index (κ2) is 9.92. The molecule has 0 radical (unpaired) electrons. The summed E-state index contributed by atoms with van der Waals surface area (Å²) in [4.78, 5) is 26.8. The van der Waals surface area contributed by atoms with E-state index in [2.05, 4.69) is 5.32 Å². The number of pyridine rings is 1. The third-order valence-corrected chi connectivity index (χ3v) is 6.56. The van der Waals surface area contributed by atoms with Crippen molar-refractivity contribution in [2.45, 2.75) is 57.0 Å². The lowest BCUT2D eigenvalue weighted by Crippen LogP contribution is -2.52. The molecule has 1 aliphatic carbocycles. The summed E-state index contributed by atoms with van der Waals surface area (Å²) in [6, 6.07) is 5.21. The van der Waals surface area contributed by atoms with Crippen molar-refractivity contribution in [3.05, 3.63) is 34.1 Å². The molecule has 4 rings (SSSR count). The number of rotatable bonds is 4. The molecule has 0 unspecified atom stereocenters. The van der Waals surface area contributed by atoms with E-state index in [0.29, 0.717) is 61.6 Å². The molecule has 0 atom stereocenters. The molecule has 1 fully saturated rings. The average Bonchev–Trinajstić information content (AvgIpc) is 2.89. The Morgan fingerprint density at radius 2 is 1.91 bits per heavy atom. The predicted molar refractivity (Wildman–Crippen MR) is 121 cm³/mol. The maximum atomic E-state index is 13.5. The van der Waals surface area contributed by atoms with Gasteiger partial charge in [0.15, 0.2) is 11.5 Å². The smallest absolute Gasteiger partial charge is 0.264 e. The highest BCUT2D eigenvalue weighted by molar-refractivity contribution is 5.99. The minimum absolute atomic E-state index is 0.0581. The zero-order valence-corrected chi connectivity index (χ0v) is 18.7. The number of nitrogens with one attached hydrogen (secondary N) is 1. The van der Waals surface area contributed by atoms with E-state index >= 15 is 0 Å². The molecule has 8 heteroatoms. The number of carbonyl (C=O) groups is 1. The van der Waals surface area contributed by atoms with Crippen LogP contribution in [0.15, 0.2) is 23.0 Å². The van der Waals surface area contributed by atoms with Gasteiger partial charge >= 0.3 is 0 Å². The van der Waals surface area contributed by atoms with Crippen LogP contribution < -0.4 is 20.3 Å². The van der Waals surface area contributed by atoms with E-state index < -0.39 is 17.0 Å². The van der Waals surface area contributed by atoms with Gasteiger partial charge in [-0.3, -0.25) is 9.59 Å². The van der Waals surface area contributed by atoms with Crippen LogP contribution in [-0.2, 0) is 11.3 Å². The number of amides is 1. The number of hydrogen-bond acceptors (Lipinski definition) is 6. The highest BCUT2D eigenvalue weighted by Crippen LogP contribution is 2.36. The molecule has 32 heavy (non-hydrogen) atoms. The third-order valence-electron chi connectivity index (χ3n) is 6.56. The number of aromatic nitrogens is 1. The maximum Gasteiger partial charge on any atom is 0.264 e. The highest BCUT2D eigenvalue weighted by atomic mass is 16.5. The second-order valence-corrected chi connectivity index (χ2v) is 8.67. The Labute approximate surface area is 187 Å². The zero-order valence-electron chi connectivity index (χ0n) is 18.7. The number of aliphatic hydroxyl groups excluding tert-OH is 1. The summed E-state index contributed by atoms with van der Waals surface area (Å²) in [5.74, 6) is 0.555. The molecule has 174 valence electrons. The first-order chi connectivity index (χ1) is 15.6. The average molecular weight is 445 g/mol. The minimum Gasteiger partial charge on any atom is -0.493 e. The molecule has 0 spiro atoms. The Morgan fingerprint density at radius 3 is 2.62 bits per heavy atom. The minimum atomic E-state index is -0.691. The van der Waals surface area contributed by atoms with E-state index in [4.69, 9.17) is 14.2 Å². The Hall–Kier alpha value is -2.58. The lowest BCUT2D eigenvalue weighted by Gasteiger charge is -2.34. The van der Waals surface area contributed by atoms with Gasteiger partial charge in [-0.2, -0.15) is 0 Å². The summed E-state index contributed by atoms with van der Waals surface area (Å²) in [7, 11) is 1.55. The zero-order chi connectivity index (χ0) is 22.6. The van der Waals surface area contributed by atoms with Gasteiger partial charge in [-0.15, -0.1) is 0 Å². The van der Waals surface area contributed by atoms with Gasteiger partial charge in [0, 0.05) is 11.9 Å². The lowest BCUT2D eigenvalue weighted by molar-refractivity contribution is 0.0779. The van der Waals surface area contributed by atoms with Crippen LogP contribution in [0.3, 0.4) is 0 Å². The van der Waals surface area contributed by atoms with Gasteiger partial charge in [0.2, 0.25) is 0 Å². The number of carbonyl (C=O) groups excluding carboxylic acids is 1. The fraction of sp³-hybridized carbons (Fsp3) is 0.583. The molecular weight excluding hydrogens is 412 g/mol. The normalized spacial score (nSPS) is 18.9. The summed E-state index contributed by atoms with van der Waals surface area (Å²) >= 11 is 0. The fourth-order valence-corrected chi connectivity index (χ4v) is 4.78. The Morgan fingerprint density at radius 1 is 1.16 bits per heavy atom. The Kier molecular flexibility index (Phi) is 7.01. The standard InChI is InChI=1S/C24H32N2O6/c1-30-19-8-7-17-15-18(22(28)25-24(16-27)9-5-3-2-4-6-10-24)23(29)26-11-12-31-13-14-32-21(19)20(17)26/h7-8,15,27H,2-6,9-14,16H2,1H3,(H,25,28). The van der Waals surface area contributed by atoms with Crippen LogP contribution in [0.1, 0.15) is 55.3 Å². The molecule has 1 aromatic carbocycles. The highest BCUT2D eigenvalue weighted by Gasteiger charge is 2.33. The van der Waals surface area contributed by atoms with Gasteiger partial charge in [0.05, 0.1) is 38.0 Å². The monoisotopic (exact) mass is 444 g/mol. The summed E-state index contributed by atoms with van der Waals surface area (Å²) in [6.07, 6.45) is 6.66. The van der Waals surface area contributed by atoms with Crippen molar-refractivity contribution >= 4 is 16.8 Å². The van der Waals surface area contributed by atoms with Crippen molar-refractivity contribution in [1.82, 2.24) is 9.88 Å². The Bertz CT molecular complexity index is 1020. The largest absolute Gasteiger partial charge is 0.493 e. The van der Waals surface area contributed by atoms with Gasteiger partial charge in [-0.25, -0.2) is 0 Å². The summed E-state index contributed by atoms with van der Waals surface area (Å²) in [5.41, 5.74) is -0.441. The first-order valence-corrected chi connectivity index (χ1v) is 11.5. The maximum absolute atomic E-state index is 13.5. The van der Waals surface area contributed by atoms with Gasteiger partial charge in [-0.1, -0.05) is 32.1 Å². The number of ether oxygens (including phenoxy) is 3. The quantitative estimate of drug-likeness (QED) is 0.752. The van der Waals surface area contributed by atoms with Gasteiger partial charge in [0.1, 0.15) is 12.2 Å². The van der Waals surface area contributed by atoms with E-state index in [0.717, 1.165) is 25.7 Å². The van der Waals surface area contributed by atoms with Crippen LogP contribution in [0, 0.1) is 0 Å². The van der Waals surface area contributed by atoms with E-state index in [1.54, 1.807) is 19.2 Å². The lowest BCUT2D eigenvalue weighted by atomic mass is 9.84. The van der Waals surface area contributed by atoms with Crippen molar-refractivity contribution in [2.75, 3.05) is 33.5 Å². The van der Waals surface area contributed by atoms with Crippen LogP contribution >= 0.6 is 0 Å². The number of nitrogens with zero attached hydrogens (tertiary/aromatic N) is 1. The first kappa shape index (κ1) is 22.6. The summed E-state index contributed by atoms with van der Waals surface area (Å²) < 4.78 is 18.5. The second-order valence-electron chi connectivity index (χ2n) is 8.67. The molecule has 1 aromatic heterocycles. The first-order valence-electron chi connectivity index (χ1n) is 11.5. The molecule has 0 saturated heterocycles. The molecule has 2 aliphatic rings. The number of benzene rings is 1. The van der Waals surface area contributed by atoms with E-state index in [1.165, 1.54) is 11.0 Å². The van der Waals surface area contributed by atoms with Crippen molar-refractivity contribution in [2.24, 2.45) is 0 Å². The van der Waals surface area contributed by atoms with Crippen LogP contribution in [-0.4, -0.2) is 54.7 Å². The SMILES string of the molecule is COc1ccc2cc(C(=O)NC3(CO)CCCCCCC3)c(=O)n3c2c1OCCOCC3. The van der Waals surface area contributed by atoms with Crippen LogP contribution in [0.5, 0.6) is 11.5 Å². The number of methoxy groups -OCH3 is 1. The molecule has 2 aromatic rings. The molecule has 1 saturated carbocycles. The summed E-state index contributed by atoms with van der Waals surface area (Å²) in [6.45, 7) is 1.23. The Balaban J connectivity index is 1.77. The topological polar surface area (TPSA) is 99.0 Å².